The molecule has 2 saturated heterocycles. The van der Waals surface area contributed by atoms with Crippen molar-refractivity contribution < 1.29 is 9.53 Å². The minimum absolute atomic E-state index is 0.0735. The van der Waals surface area contributed by atoms with E-state index in [2.05, 4.69) is 22.0 Å². The third-order valence-corrected chi connectivity index (χ3v) is 3.95. The van der Waals surface area contributed by atoms with Crippen molar-refractivity contribution in [2.45, 2.75) is 32.4 Å². The van der Waals surface area contributed by atoms with Crippen LogP contribution in [0.2, 0.25) is 0 Å². The summed E-state index contributed by atoms with van der Waals surface area (Å²) in [5, 5.41) is 3.38. The largest absolute Gasteiger partial charge is 0.466 e. The molecule has 2 aliphatic heterocycles. The molecule has 0 aromatic heterocycles. The highest BCUT2D eigenvalue weighted by molar-refractivity contribution is 5.70. The fourth-order valence-electron chi connectivity index (χ4n) is 2.72. The van der Waals surface area contributed by atoms with Crippen LogP contribution in [0.4, 0.5) is 0 Å². The maximum atomic E-state index is 11.4. The molecule has 2 heterocycles. The summed E-state index contributed by atoms with van der Waals surface area (Å²) < 4.78 is 4.99. The second-order valence-corrected chi connectivity index (χ2v) is 5.25. The van der Waals surface area contributed by atoms with E-state index in [-0.39, 0.29) is 5.97 Å². The van der Waals surface area contributed by atoms with Gasteiger partial charge in [0.25, 0.3) is 0 Å². The van der Waals surface area contributed by atoms with Gasteiger partial charge in [-0.2, -0.15) is 0 Å². The number of hydrogen-bond donors (Lipinski definition) is 1. The number of hydrogen-bond acceptors (Lipinski definition) is 5. The highest BCUT2D eigenvalue weighted by Crippen LogP contribution is 2.19. The van der Waals surface area contributed by atoms with Gasteiger partial charge in [-0.05, 0) is 13.8 Å². The van der Waals surface area contributed by atoms with Crippen LogP contribution >= 0.6 is 0 Å². The Morgan fingerprint density at radius 2 is 2.06 bits per heavy atom. The van der Waals surface area contributed by atoms with Crippen molar-refractivity contribution >= 4 is 5.97 Å². The highest BCUT2D eigenvalue weighted by atomic mass is 16.5. The minimum Gasteiger partial charge on any atom is -0.466 e. The summed E-state index contributed by atoms with van der Waals surface area (Å²) in [4.78, 5) is 16.4. The van der Waals surface area contributed by atoms with Gasteiger partial charge in [0.15, 0.2) is 0 Å². The van der Waals surface area contributed by atoms with Crippen molar-refractivity contribution in [2.75, 3.05) is 45.9 Å². The normalized spacial score (nSPS) is 24.6. The summed E-state index contributed by atoms with van der Waals surface area (Å²) >= 11 is 0. The third kappa shape index (κ3) is 3.43. The molecule has 0 saturated carbocycles. The Hall–Kier alpha value is -0.650. The van der Waals surface area contributed by atoms with Crippen molar-refractivity contribution in [3.8, 4) is 0 Å². The van der Waals surface area contributed by atoms with E-state index in [4.69, 9.17) is 4.74 Å². The lowest BCUT2D eigenvalue weighted by molar-refractivity contribution is -0.145. The van der Waals surface area contributed by atoms with Crippen molar-refractivity contribution in [3.63, 3.8) is 0 Å². The van der Waals surface area contributed by atoms with Crippen molar-refractivity contribution in [1.29, 1.82) is 0 Å². The smallest absolute Gasteiger partial charge is 0.307 e. The van der Waals surface area contributed by atoms with Gasteiger partial charge in [0, 0.05) is 51.4 Å². The van der Waals surface area contributed by atoms with Crippen LogP contribution in [0.5, 0.6) is 0 Å². The molecular weight excluding hydrogens is 230 g/mol. The maximum Gasteiger partial charge on any atom is 0.307 e. The second kappa shape index (κ2) is 6.50. The lowest BCUT2D eigenvalue weighted by Gasteiger charge is -2.49. The first-order valence-electron chi connectivity index (χ1n) is 7.05. The van der Waals surface area contributed by atoms with E-state index in [0.717, 1.165) is 39.3 Å². The van der Waals surface area contributed by atoms with Crippen LogP contribution < -0.4 is 5.32 Å². The molecule has 0 aromatic carbocycles. The van der Waals surface area contributed by atoms with Crippen LogP contribution in [0.3, 0.4) is 0 Å². The molecule has 104 valence electrons. The van der Waals surface area contributed by atoms with Crippen LogP contribution in [-0.4, -0.2) is 73.7 Å². The van der Waals surface area contributed by atoms with Crippen molar-refractivity contribution in [1.82, 2.24) is 15.1 Å². The molecule has 1 atom stereocenters. The predicted molar refractivity (Wildman–Crippen MR) is 70.5 cm³/mol. The number of carbonyl (C=O) groups is 1. The number of ether oxygens (including phenoxy) is 1. The van der Waals surface area contributed by atoms with E-state index in [1.807, 2.05) is 6.92 Å². The molecule has 0 bridgehead atoms. The quantitative estimate of drug-likeness (QED) is 0.696. The Balaban J connectivity index is 1.66. The van der Waals surface area contributed by atoms with Crippen molar-refractivity contribution in [2.24, 2.45) is 0 Å². The van der Waals surface area contributed by atoms with Crippen LogP contribution in [0, 0.1) is 0 Å². The van der Waals surface area contributed by atoms with Crippen molar-refractivity contribution in [3.05, 3.63) is 0 Å². The van der Waals surface area contributed by atoms with Gasteiger partial charge in [0.2, 0.25) is 0 Å². The van der Waals surface area contributed by atoms with Gasteiger partial charge < -0.3 is 10.1 Å². The molecule has 1 unspecified atom stereocenters. The highest BCUT2D eigenvalue weighted by Gasteiger charge is 2.35. The summed E-state index contributed by atoms with van der Waals surface area (Å²) in [6.07, 6.45) is 0.516. The SMILES string of the molecule is CCOC(=O)CC(C)N1CC(N2CCNCC2)C1. The molecule has 0 spiro atoms. The van der Waals surface area contributed by atoms with E-state index < -0.39 is 0 Å². The molecule has 18 heavy (non-hydrogen) atoms. The molecule has 2 aliphatic rings. The molecule has 0 amide bonds. The number of likely N-dealkylation sites (tertiary alicyclic amines) is 1. The molecular formula is C13H25N3O2. The third-order valence-electron chi connectivity index (χ3n) is 3.95. The first-order chi connectivity index (χ1) is 8.70. The van der Waals surface area contributed by atoms with Gasteiger partial charge in [-0.25, -0.2) is 0 Å². The first kappa shape index (κ1) is 13.8. The standard InChI is InChI=1S/C13H25N3O2/c1-3-18-13(17)8-11(2)16-9-12(10-16)15-6-4-14-5-7-15/h11-12,14H,3-10H2,1-2H3. The Morgan fingerprint density at radius 1 is 1.39 bits per heavy atom. The number of nitrogens with zero attached hydrogens (tertiary/aromatic N) is 2. The van der Waals surface area contributed by atoms with Gasteiger partial charge in [0.1, 0.15) is 0 Å². The zero-order chi connectivity index (χ0) is 13.0. The monoisotopic (exact) mass is 255 g/mol. The molecule has 0 aromatic rings. The topological polar surface area (TPSA) is 44.8 Å². The first-order valence-corrected chi connectivity index (χ1v) is 7.05. The molecule has 2 rings (SSSR count). The summed E-state index contributed by atoms with van der Waals surface area (Å²) in [6.45, 7) is 11.2. The lowest BCUT2D eigenvalue weighted by Crippen LogP contribution is -2.64. The van der Waals surface area contributed by atoms with E-state index in [1.54, 1.807) is 0 Å². The number of nitrogens with one attached hydrogen (secondary N) is 1. The Kier molecular flexibility index (Phi) is 4.97. The van der Waals surface area contributed by atoms with Gasteiger partial charge in [-0.1, -0.05) is 0 Å². The maximum absolute atomic E-state index is 11.4. The van der Waals surface area contributed by atoms with Crippen LogP contribution in [0.15, 0.2) is 0 Å². The molecule has 0 radical (unpaired) electrons. The van der Waals surface area contributed by atoms with Crippen LogP contribution in [0.25, 0.3) is 0 Å². The molecule has 5 heteroatoms. The van der Waals surface area contributed by atoms with E-state index in [9.17, 15) is 4.79 Å². The summed E-state index contributed by atoms with van der Waals surface area (Å²) in [5.41, 5.74) is 0. The molecule has 0 aliphatic carbocycles. The summed E-state index contributed by atoms with van der Waals surface area (Å²) in [7, 11) is 0. The Bertz CT molecular complexity index is 273. The van der Waals surface area contributed by atoms with E-state index >= 15 is 0 Å². The Labute approximate surface area is 109 Å². The average molecular weight is 255 g/mol. The number of piperazine rings is 1. The Morgan fingerprint density at radius 3 is 2.67 bits per heavy atom. The van der Waals surface area contributed by atoms with Gasteiger partial charge in [-0.3, -0.25) is 14.6 Å². The van der Waals surface area contributed by atoms with E-state index in [0.29, 0.717) is 25.1 Å². The fourth-order valence-corrected chi connectivity index (χ4v) is 2.72. The zero-order valence-corrected chi connectivity index (χ0v) is 11.5. The fraction of sp³-hybridized carbons (Fsp3) is 0.923. The van der Waals surface area contributed by atoms with Gasteiger partial charge in [-0.15, -0.1) is 0 Å². The second-order valence-electron chi connectivity index (χ2n) is 5.25. The number of esters is 1. The molecule has 1 N–H and O–H groups in total. The van der Waals surface area contributed by atoms with E-state index in [1.165, 1.54) is 0 Å². The molecule has 2 fully saturated rings. The van der Waals surface area contributed by atoms with Crippen LogP contribution in [-0.2, 0) is 9.53 Å². The van der Waals surface area contributed by atoms with Crippen LogP contribution in [0.1, 0.15) is 20.3 Å². The van der Waals surface area contributed by atoms with Gasteiger partial charge in [0.05, 0.1) is 13.0 Å². The number of rotatable bonds is 5. The lowest BCUT2D eigenvalue weighted by atomic mass is 10.0. The predicted octanol–water partition coefficient (Wildman–Crippen LogP) is -0.0825. The van der Waals surface area contributed by atoms with Gasteiger partial charge >= 0.3 is 5.97 Å². The average Bonchev–Trinajstić information content (AvgIpc) is 2.28. The number of carbonyl (C=O) groups excluding carboxylic acids is 1. The summed E-state index contributed by atoms with van der Waals surface area (Å²) in [5.74, 6) is -0.0735. The summed E-state index contributed by atoms with van der Waals surface area (Å²) in [6, 6.07) is 1.000. The minimum atomic E-state index is -0.0735. The molecule has 5 nitrogen and oxygen atoms in total. The zero-order valence-electron chi connectivity index (χ0n) is 11.5.